The summed E-state index contributed by atoms with van der Waals surface area (Å²) in [5.41, 5.74) is -2.63. The molecule has 0 aromatic rings. The Labute approximate surface area is 194 Å². The molecule has 0 atom stereocenters. The Kier molecular flexibility index (Phi) is 11.3. The lowest BCUT2D eigenvalue weighted by Crippen LogP contribution is -2.50. The van der Waals surface area contributed by atoms with E-state index in [0.717, 1.165) is 0 Å². The van der Waals surface area contributed by atoms with Crippen molar-refractivity contribution in [3.8, 4) is 0 Å². The smallest absolute Gasteiger partial charge is 0.323 e. The van der Waals surface area contributed by atoms with Crippen LogP contribution in [-0.2, 0) is 33.4 Å². The Morgan fingerprint density at radius 2 is 1.18 bits per heavy atom. The zero-order valence-corrected chi connectivity index (χ0v) is 19.5. The average molecular weight is 468 g/mol. The summed E-state index contributed by atoms with van der Waals surface area (Å²) in [6, 6.07) is 0. The number of rotatable bonds is 7. The van der Waals surface area contributed by atoms with Crippen LogP contribution in [0.1, 0.15) is 46.5 Å². The molecule has 2 fully saturated rings. The Morgan fingerprint density at radius 3 is 1.52 bits per heavy atom. The number of carboxylic acid groups (broad SMARTS) is 1. The van der Waals surface area contributed by atoms with Crippen molar-refractivity contribution in [1.82, 2.24) is 10.2 Å². The molecule has 2 N–H and O–H groups in total. The van der Waals surface area contributed by atoms with Crippen LogP contribution in [-0.4, -0.2) is 93.5 Å². The quantitative estimate of drug-likeness (QED) is 0.234. The van der Waals surface area contributed by atoms with E-state index in [1.807, 2.05) is 0 Å². The molecule has 0 aromatic carbocycles. The van der Waals surface area contributed by atoms with Crippen molar-refractivity contribution in [2.24, 2.45) is 10.8 Å². The molecule has 1 amide bonds. The number of amides is 1. The molecule has 2 radical (unpaired) electrons. The lowest BCUT2D eigenvalue weighted by molar-refractivity contribution is -0.175. The summed E-state index contributed by atoms with van der Waals surface area (Å²) in [6.07, 6.45) is 0.962. The predicted molar refractivity (Wildman–Crippen MR) is 116 cm³/mol. The number of ether oxygens (including phenoxy) is 3. The van der Waals surface area contributed by atoms with Crippen molar-refractivity contribution in [2.75, 3.05) is 46.0 Å². The fraction of sp³-hybridized carbons (Fsp3) is 0.762. The number of carbonyl (C=O) groups is 5. The minimum Gasteiger partial charge on any atom is -0.480 e. The molecule has 2 aliphatic heterocycles. The van der Waals surface area contributed by atoms with Gasteiger partial charge in [-0.1, -0.05) is 0 Å². The van der Waals surface area contributed by atoms with Crippen molar-refractivity contribution in [1.29, 1.82) is 0 Å². The van der Waals surface area contributed by atoms with Crippen LogP contribution in [0.5, 0.6) is 0 Å². The van der Waals surface area contributed by atoms with E-state index in [0.29, 0.717) is 25.9 Å². The highest BCUT2D eigenvalue weighted by Crippen LogP contribution is 2.34. The van der Waals surface area contributed by atoms with E-state index in [1.165, 1.54) is 4.90 Å². The first-order valence-corrected chi connectivity index (χ1v) is 11.1. The van der Waals surface area contributed by atoms with Gasteiger partial charge in [0.2, 0.25) is 7.85 Å². The number of aliphatic carboxylic acids is 1. The van der Waals surface area contributed by atoms with Gasteiger partial charge in [0.15, 0.2) is 16.6 Å². The zero-order chi connectivity index (χ0) is 25.1. The summed E-state index contributed by atoms with van der Waals surface area (Å²) in [5.74, 6) is -3.45. The summed E-state index contributed by atoms with van der Waals surface area (Å²) >= 11 is 0. The van der Waals surface area contributed by atoms with Crippen LogP contribution in [0.25, 0.3) is 0 Å². The molecule has 0 saturated carbocycles. The lowest BCUT2D eigenvalue weighted by atomic mass is 9.78. The second-order valence-corrected chi connectivity index (χ2v) is 7.71. The van der Waals surface area contributed by atoms with Crippen LogP contribution in [0, 0.1) is 10.8 Å². The molecule has 2 rings (SSSR count). The van der Waals surface area contributed by atoms with Crippen LogP contribution in [0.15, 0.2) is 0 Å². The Hall–Kier alpha value is -2.63. The maximum absolute atomic E-state index is 11.9. The molecule has 2 saturated heterocycles. The molecule has 2 aliphatic rings. The van der Waals surface area contributed by atoms with Crippen LogP contribution in [0.3, 0.4) is 0 Å². The van der Waals surface area contributed by atoms with Gasteiger partial charge in [0.05, 0.1) is 19.8 Å². The predicted octanol–water partition coefficient (Wildman–Crippen LogP) is 0.487. The minimum absolute atomic E-state index is 0.0319. The molecule has 0 unspecified atom stereocenters. The topological polar surface area (TPSA) is 149 Å². The maximum atomic E-state index is 11.9. The van der Waals surface area contributed by atoms with E-state index in [9.17, 15) is 29.1 Å². The number of likely N-dealkylation sites (tertiary alicyclic amines) is 1. The molecule has 184 valence electrons. The standard InChI is InChI=1S/C11H19NO4.C10H14BNO5/c1-3-15-9(13)11(10(14)16-4-2)5-7-12-8-6-11;1-2-17-8(15)10(7(13)14)3-5-12(6-4-10)9(11)16/h12H,3-8H2,1-2H3;2-6H2,1H3,(H,13,14). The molecule has 11 nitrogen and oxygen atoms in total. The number of nitrogens with zero attached hydrogens (tertiary/aromatic N) is 1. The van der Waals surface area contributed by atoms with Crippen molar-refractivity contribution in [2.45, 2.75) is 46.5 Å². The molecule has 12 heteroatoms. The highest BCUT2D eigenvalue weighted by Gasteiger charge is 2.50. The van der Waals surface area contributed by atoms with Gasteiger partial charge >= 0.3 is 23.9 Å². The number of carboxylic acids is 1. The fourth-order valence-electron chi connectivity index (χ4n) is 3.77. The summed E-state index contributed by atoms with van der Waals surface area (Å²) in [6.45, 7) is 7.37. The molecule has 0 bridgehead atoms. The molecule has 2 heterocycles. The van der Waals surface area contributed by atoms with Crippen LogP contribution in [0.4, 0.5) is 4.79 Å². The van der Waals surface area contributed by atoms with Gasteiger partial charge < -0.3 is 29.5 Å². The molecular formula is C21H33BN2O9. The molecule has 0 aliphatic carbocycles. The first-order chi connectivity index (χ1) is 15.6. The van der Waals surface area contributed by atoms with Gasteiger partial charge in [-0.2, -0.15) is 0 Å². The number of carbonyl (C=O) groups excluding carboxylic acids is 4. The number of hydrogen-bond acceptors (Lipinski definition) is 9. The van der Waals surface area contributed by atoms with E-state index in [1.54, 1.807) is 20.8 Å². The summed E-state index contributed by atoms with van der Waals surface area (Å²) in [5, 5.41) is 12.3. The van der Waals surface area contributed by atoms with Crippen molar-refractivity contribution in [3.05, 3.63) is 0 Å². The Bertz CT molecular complexity index is 695. The second-order valence-electron chi connectivity index (χ2n) is 7.71. The molecule has 0 aromatic heterocycles. The van der Waals surface area contributed by atoms with Gasteiger partial charge in [-0.25, -0.2) is 0 Å². The minimum atomic E-state index is -1.54. The normalized spacial score (nSPS) is 18.7. The van der Waals surface area contributed by atoms with E-state index >= 15 is 0 Å². The first-order valence-electron chi connectivity index (χ1n) is 11.1. The lowest BCUT2D eigenvalue weighted by Gasteiger charge is -2.36. The number of hydrogen-bond donors (Lipinski definition) is 2. The zero-order valence-electron chi connectivity index (χ0n) is 19.5. The summed E-state index contributed by atoms with van der Waals surface area (Å²) in [7, 11) is 5.09. The number of piperidine rings is 2. The maximum Gasteiger partial charge on any atom is 0.323 e. The highest BCUT2D eigenvalue weighted by atomic mass is 16.6. The molecule has 0 spiro atoms. The van der Waals surface area contributed by atoms with E-state index in [4.69, 9.17) is 22.1 Å². The van der Waals surface area contributed by atoms with Gasteiger partial charge in [0.25, 0.3) is 0 Å². The van der Waals surface area contributed by atoms with Gasteiger partial charge in [-0.15, -0.1) is 0 Å². The van der Waals surface area contributed by atoms with E-state index < -0.39 is 40.5 Å². The van der Waals surface area contributed by atoms with Gasteiger partial charge in [-0.3, -0.25) is 24.0 Å². The Balaban J connectivity index is 0.000000331. The Morgan fingerprint density at radius 1 is 0.788 bits per heavy atom. The third kappa shape index (κ3) is 6.93. The fourth-order valence-corrected chi connectivity index (χ4v) is 3.77. The van der Waals surface area contributed by atoms with Crippen LogP contribution >= 0.6 is 0 Å². The summed E-state index contributed by atoms with van der Waals surface area (Å²) < 4.78 is 14.8. The number of esters is 3. The molecule has 33 heavy (non-hydrogen) atoms. The van der Waals surface area contributed by atoms with Crippen LogP contribution < -0.4 is 5.32 Å². The van der Waals surface area contributed by atoms with Gasteiger partial charge in [0, 0.05) is 13.1 Å². The largest absolute Gasteiger partial charge is 0.480 e. The molecular weight excluding hydrogens is 435 g/mol. The summed E-state index contributed by atoms with van der Waals surface area (Å²) in [4.78, 5) is 58.9. The van der Waals surface area contributed by atoms with E-state index in [-0.39, 0.29) is 45.8 Å². The monoisotopic (exact) mass is 468 g/mol. The average Bonchev–Trinajstić information content (AvgIpc) is 2.80. The van der Waals surface area contributed by atoms with Crippen molar-refractivity contribution >= 4 is 37.5 Å². The highest BCUT2D eigenvalue weighted by molar-refractivity contribution is 6.56. The third-order valence-corrected chi connectivity index (χ3v) is 5.79. The van der Waals surface area contributed by atoms with Crippen molar-refractivity contribution in [3.63, 3.8) is 0 Å². The first kappa shape index (κ1) is 28.4. The van der Waals surface area contributed by atoms with Gasteiger partial charge in [0.1, 0.15) is 0 Å². The SMILES string of the molecule is CCOC(=O)C1(C(=O)OCC)CCNCC1.[B]C(=O)N1CCC(C(=O)O)(C(=O)OCC)CC1. The second kappa shape index (κ2) is 13.2. The van der Waals surface area contributed by atoms with E-state index in [2.05, 4.69) is 5.32 Å². The number of nitrogens with one attached hydrogen (secondary N) is 1. The van der Waals surface area contributed by atoms with Gasteiger partial charge in [-0.05, 0) is 59.5 Å². The van der Waals surface area contributed by atoms with Crippen molar-refractivity contribution < 1.29 is 43.3 Å². The van der Waals surface area contributed by atoms with Crippen LogP contribution in [0.2, 0.25) is 0 Å². The third-order valence-electron chi connectivity index (χ3n) is 5.79.